The van der Waals surface area contributed by atoms with Gasteiger partial charge in [0.1, 0.15) is 23.5 Å². The molecule has 3 heterocycles. The molecule has 0 aromatic heterocycles. The van der Waals surface area contributed by atoms with Gasteiger partial charge in [-0.1, -0.05) is 31.4 Å². The predicted octanol–water partition coefficient (Wildman–Crippen LogP) is 4.14. The average Bonchev–Trinajstić information content (AvgIpc) is 3.64. The highest BCUT2D eigenvalue weighted by atomic mass is 19.1. The fourth-order valence-corrected chi connectivity index (χ4v) is 7.26. The third-order valence-corrected chi connectivity index (χ3v) is 9.01. The summed E-state index contributed by atoms with van der Waals surface area (Å²) >= 11 is 0. The van der Waals surface area contributed by atoms with Crippen LogP contribution in [0.4, 0.5) is 9.18 Å². The number of nitrogens with one attached hydrogen (secondary N) is 1. The van der Waals surface area contributed by atoms with Crippen LogP contribution in [0.2, 0.25) is 0 Å². The number of hydrogen-bond acceptors (Lipinski definition) is 6. The highest BCUT2D eigenvalue weighted by Crippen LogP contribution is 2.45. The molecule has 4 aliphatic rings. The van der Waals surface area contributed by atoms with Crippen molar-refractivity contribution >= 4 is 17.9 Å². The third-order valence-electron chi connectivity index (χ3n) is 9.01. The van der Waals surface area contributed by atoms with Crippen molar-refractivity contribution in [3.05, 3.63) is 35.6 Å². The number of alkyl carbamates (subject to hydrolysis) is 1. The Bertz CT molecular complexity index is 1170. The topological polar surface area (TPSA) is 106 Å². The highest BCUT2D eigenvalue weighted by molar-refractivity contribution is 5.88. The minimum Gasteiger partial charge on any atom is -0.444 e. The molecule has 5 atom stereocenters. The van der Waals surface area contributed by atoms with E-state index in [4.69, 9.17) is 4.74 Å². The van der Waals surface area contributed by atoms with Crippen LogP contribution in [0.5, 0.6) is 0 Å². The van der Waals surface area contributed by atoms with Crippen LogP contribution < -0.4 is 5.32 Å². The summed E-state index contributed by atoms with van der Waals surface area (Å²) in [7, 11) is 0. The van der Waals surface area contributed by atoms with Gasteiger partial charge < -0.3 is 19.9 Å². The summed E-state index contributed by atoms with van der Waals surface area (Å²) in [6.07, 6.45) is 6.83. The standard InChI is InChI=1S/C31H42FN5O4/c1-31(2,3)41-30(40)34-25(28(38)36-15-7-10-23(36)17-33)19-35-18-24-16-26(35)29(39)37(24)27(20-8-5-4-6-9-20)21-11-13-22(32)14-12-21/h11-14,20,23-27H,4-10,15-16,18-19H2,1-3H3,(H,34,40)/t23-,24-,25-,26-,27+/m0/s1. The van der Waals surface area contributed by atoms with Crippen molar-refractivity contribution in [2.24, 2.45) is 5.92 Å². The molecule has 1 N–H and O–H groups in total. The summed E-state index contributed by atoms with van der Waals surface area (Å²) in [5.74, 6) is -0.257. The Morgan fingerprint density at radius 2 is 1.83 bits per heavy atom. The first-order valence-corrected chi connectivity index (χ1v) is 15.1. The summed E-state index contributed by atoms with van der Waals surface area (Å²) in [6, 6.07) is 6.79. The van der Waals surface area contributed by atoms with Crippen molar-refractivity contribution in [3.63, 3.8) is 0 Å². The summed E-state index contributed by atoms with van der Waals surface area (Å²) < 4.78 is 19.2. The number of rotatable bonds is 7. The van der Waals surface area contributed by atoms with Crippen LogP contribution in [0.3, 0.4) is 0 Å². The van der Waals surface area contributed by atoms with E-state index in [1.807, 2.05) is 21.9 Å². The molecule has 9 nitrogen and oxygen atoms in total. The normalized spacial score (nSPS) is 26.6. The van der Waals surface area contributed by atoms with Gasteiger partial charge in [-0.3, -0.25) is 14.5 Å². The highest BCUT2D eigenvalue weighted by Gasteiger charge is 2.54. The first-order chi connectivity index (χ1) is 19.6. The Morgan fingerprint density at radius 1 is 1.12 bits per heavy atom. The van der Waals surface area contributed by atoms with E-state index in [-0.39, 0.29) is 36.3 Å². The van der Waals surface area contributed by atoms with Gasteiger partial charge in [-0.2, -0.15) is 5.26 Å². The number of nitriles is 1. The van der Waals surface area contributed by atoms with Gasteiger partial charge in [-0.15, -0.1) is 0 Å². The molecule has 0 radical (unpaired) electrons. The van der Waals surface area contributed by atoms with E-state index < -0.39 is 29.8 Å². The monoisotopic (exact) mass is 567 g/mol. The van der Waals surface area contributed by atoms with E-state index in [2.05, 4.69) is 11.4 Å². The van der Waals surface area contributed by atoms with Crippen LogP contribution in [0.1, 0.15) is 83.7 Å². The Morgan fingerprint density at radius 3 is 2.46 bits per heavy atom. The van der Waals surface area contributed by atoms with E-state index in [1.165, 1.54) is 23.5 Å². The van der Waals surface area contributed by atoms with E-state index in [1.54, 1.807) is 20.8 Å². The lowest BCUT2D eigenvalue weighted by Gasteiger charge is -2.44. The minimum absolute atomic E-state index is 0.0274. The predicted molar refractivity (Wildman–Crippen MR) is 150 cm³/mol. The first kappa shape index (κ1) is 29.3. The quantitative estimate of drug-likeness (QED) is 0.531. The van der Waals surface area contributed by atoms with Gasteiger partial charge in [0.05, 0.1) is 18.2 Å². The van der Waals surface area contributed by atoms with E-state index in [0.717, 1.165) is 37.7 Å². The van der Waals surface area contributed by atoms with Gasteiger partial charge in [0.25, 0.3) is 0 Å². The van der Waals surface area contributed by atoms with Crippen LogP contribution in [0, 0.1) is 23.1 Å². The number of carbonyl (C=O) groups excluding carboxylic acids is 3. The molecule has 1 aromatic carbocycles. The van der Waals surface area contributed by atoms with E-state index >= 15 is 0 Å². The molecule has 5 rings (SSSR count). The van der Waals surface area contributed by atoms with Crippen LogP contribution in [-0.2, 0) is 14.3 Å². The van der Waals surface area contributed by atoms with Gasteiger partial charge >= 0.3 is 6.09 Å². The molecular formula is C31H42FN5O4. The molecule has 41 heavy (non-hydrogen) atoms. The number of amides is 3. The number of benzene rings is 1. The minimum atomic E-state index is -0.939. The summed E-state index contributed by atoms with van der Waals surface area (Å²) in [5, 5.41) is 12.3. The van der Waals surface area contributed by atoms with Crippen LogP contribution in [-0.4, -0.2) is 82.0 Å². The lowest BCUT2D eigenvalue weighted by molar-refractivity contribution is -0.143. The number of ether oxygens (including phenoxy) is 1. The second kappa shape index (κ2) is 12.0. The number of fused-ring (bicyclic) bond motifs is 2. The SMILES string of the molecule is CC(C)(C)OC(=O)N[C@@H](CN1C[C@@H]2C[C@H]1C(=O)N2[C@@H](c1ccc(F)cc1)C1CCCCC1)C(=O)N1CCC[C@H]1C#N. The molecule has 4 fully saturated rings. The summed E-state index contributed by atoms with van der Waals surface area (Å²) in [5.41, 5.74) is 0.236. The van der Waals surface area contributed by atoms with Crippen molar-refractivity contribution < 1.29 is 23.5 Å². The molecule has 3 saturated heterocycles. The zero-order chi connectivity index (χ0) is 29.3. The lowest BCUT2D eigenvalue weighted by Crippen LogP contribution is -2.59. The Hall–Kier alpha value is -3.19. The number of hydrogen-bond donors (Lipinski definition) is 1. The summed E-state index contributed by atoms with van der Waals surface area (Å²) in [6.45, 7) is 6.48. The smallest absolute Gasteiger partial charge is 0.408 e. The van der Waals surface area contributed by atoms with Crippen LogP contribution in [0.25, 0.3) is 0 Å². The first-order valence-electron chi connectivity index (χ1n) is 15.1. The molecular weight excluding hydrogens is 525 g/mol. The van der Waals surface area contributed by atoms with Crippen molar-refractivity contribution in [1.82, 2.24) is 20.0 Å². The van der Waals surface area contributed by atoms with Crippen LogP contribution in [0.15, 0.2) is 24.3 Å². The largest absolute Gasteiger partial charge is 0.444 e. The van der Waals surface area contributed by atoms with Crippen molar-refractivity contribution in [2.75, 3.05) is 19.6 Å². The fourth-order valence-electron chi connectivity index (χ4n) is 7.26. The number of nitrogens with zero attached hydrogens (tertiary/aromatic N) is 4. The number of carbonyl (C=O) groups is 3. The molecule has 2 bridgehead atoms. The third kappa shape index (κ3) is 6.35. The second-order valence-corrected chi connectivity index (χ2v) is 13.0. The average molecular weight is 568 g/mol. The Labute approximate surface area is 242 Å². The zero-order valence-corrected chi connectivity index (χ0v) is 24.4. The maximum absolute atomic E-state index is 14.0. The maximum Gasteiger partial charge on any atom is 0.408 e. The second-order valence-electron chi connectivity index (χ2n) is 13.0. The van der Waals surface area contributed by atoms with Gasteiger partial charge in [0, 0.05) is 25.7 Å². The van der Waals surface area contributed by atoms with Crippen molar-refractivity contribution in [1.29, 1.82) is 5.26 Å². The summed E-state index contributed by atoms with van der Waals surface area (Å²) in [4.78, 5) is 45.9. The number of halogens is 1. The van der Waals surface area contributed by atoms with Gasteiger partial charge in [-0.25, -0.2) is 9.18 Å². The molecule has 222 valence electrons. The molecule has 3 amide bonds. The molecule has 0 spiro atoms. The van der Waals surface area contributed by atoms with E-state index in [0.29, 0.717) is 31.8 Å². The van der Waals surface area contributed by atoms with Crippen molar-refractivity contribution in [3.8, 4) is 6.07 Å². The fraction of sp³-hybridized carbons (Fsp3) is 0.677. The molecule has 10 heteroatoms. The molecule has 0 unspecified atom stereocenters. The van der Waals surface area contributed by atoms with Gasteiger partial charge in [0.2, 0.25) is 11.8 Å². The van der Waals surface area contributed by atoms with Crippen molar-refractivity contribution in [2.45, 2.75) is 108 Å². The Balaban J connectivity index is 1.34. The number of piperazine rings is 1. The molecule has 1 aliphatic carbocycles. The van der Waals surface area contributed by atoms with Crippen LogP contribution >= 0.6 is 0 Å². The maximum atomic E-state index is 14.0. The molecule has 1 aromatic rings. The lowest BCUT2D eigenvalue weighted by atomic mass is 9.80. The van der Waals surface area contributed by atoms with Gasteiger partial charge in [0.15, 0.2) is 0 Å². The Kier molecular flexibility index (Phi) is 8.55. The number of likely N-dealkylation sites (tertiary alicyclic amines) is 3. The molecule has 3 aliphatic heterocycles. The zero-order valence-electron chi connectivity index (χ0n) is 24.4. The van der Waals surface area contributed by atoms with E-state index in [9.17, 15) is 24.0 Å². The molecule has 1 saturated carbocycles. The van der Waals surface area contributed by atoms with Gasteiger partial charge in [-0.05, 0) is 76.5 Å².